The molecule has 0 saturated carbocycles. The van der Waals surface area contributed by atoms with Crippen molar-refractivity contribution in [3.8, 4) is 5.88 Å². The number of methoxy groups -OCH3 is 1. The van der Waals surface area contributed by atoms with Crippen LogP contribution >= 0.6 is 0 Å². The molecule has 0 radical (unpaired) electrons. The molecule has 9 heteroatoms. The molecule has 27 heavy (non-hydrogen) atoms. The molecule has 2 saturated heterocycles. The largest absolute Gasteiger partial charge is 0.481 e. The number of pyridine rings is 1. The number of nitrogens with one attached hydrogen (secondary N) is 1. The van der Waals surface area contributed by atoms with Gasteiger partial charge in [-0.25, -0.2) is 13.4 Å². The number of amides is 1. The topological polar surface area (TPSA) is 109 Å². The van der Waals surface area contributed by atoms with Gasteiger partial charge in [0.1, 0.15) is 9.84 Å². The third-order valence-corrected chi connectivity index (χ3v) is 6.90. The first-order valence-electron chi connectivity index (χ1n) is 9.25. The lowest BCUT2D eigenvalue weighted by Gasteiger charge is -2.36. The van der Waals surface area contributed by atoms with E-state index in [1.807, 2.05) is 6.07 Å². The van der Waals surface area contributed by atoms with Crippen molar-refractivity contribution < 1.29 is 23.1 Å². The van der Waals surface area contributed by atoms with Gasteiger partial charge < -0.3 is 15.2 Å². The van der Waals surface area contributed by atoms with Crippen molar-refractivity contribution in [2.75, 3.05) is 31.7 Å². The van der Waals surface area contributed by atoms with E-state index in [1.165, 1.54) is 0 Å². The molecule has 150 valence electrons. The van der Waals surface area contributed by atoms with Gasteiger partial charge in [0.25, 0.3) is 0 Å². The number of sulfone groups is 1. The number of carbonyl (C=O) groups excluding carboxylic acids is 1. The maximum atomic E-state index is 12.5. The molecule has 0 bridgehead atoms. The number of ether oxygens (including phenoxy) is 1. The summed E-state index contributed by atoms with van der Waals surface area (Å²) in [6.45, 7) is 1.81. The normalized spacial score (nSPS) is 26.4. The Morgan fingerprint density at radius 3 is 2.70 bits per heavy atom. The maximum Gasteiger partial charge on any atom is 0.223 e. The van der Waals surface area contributed by atoms with Crippen LogP contribution in [0.5, 0.6) is 5.88 Å². The SMILES string of the molecule is COc1ccc(CN2C[C@H](O)C[C@H](NC(=O)C3CCS(=O)(=O)CC3)C2)cn1. The highest BCUT2D eigenvalue weighted by Gasteiger charge is 2.32. The molecule has 2 aliphatic heterocycles. The summed E-state index contributed by atoms with van der Waals surface area (Å²) in [5.41, 5.74) is 1.01. The van der Waals surface area contributed by atoms with E-state index in [-0.39, 0.29) is 29.4 Å². The van der Waals surface area contributed by atoms with E-state index in [0.29, 0.717) is 44.8 Å². The van der Waals surface area contributed by atoms with Crippen LogP contribution in [-0.2, 0) is 21.2 Å². The van der Waals surface area contributed by atoms with Crippen LogP contribution in [0.1, 0.15) is 24.8 Å². The molecule has 0 unspecified atom stereocenters. The van der Waals surface area contributed by atoms with Crippen molar-refractivity contribution in [3.05, 3.63) is 23.9 Å². The van der Waals surface area contributed by atoms with E-state index in [4.69, 9.17) is 4.74 Å². The van der Waals surface area contributed by atoms with Crippen LogP contribution in [0.2, 0.25) is 0 Å². The molecule has 3 rings (SSSR count). The summed E-state index contributed by atoms with van der Waals surface area (Å²) in [4.78, 5) is 18.8. The van der Waals surface area contributed by atoms with Gasteiger partial charge in [-0.1, -0.05) is 6.07 Å². The summed E-state index contributed by atoms with van der Waals surface area (Å²) < 4.78 is 28.1. The second kappa shape index (κ2) is 8.53. The summed E-state index contributed by atoms with van der Waals surface area (Å²) in [7, 11) is -1.42. The minimum absolute atomic E-state index is 0.0783. The minimum atomic E-state index is -2.98. The molecule has 8 nitrogen and oxygen atoms in total. The summed E-state index contributed by atoms with van der Waals surface area (Å²) in [5.74, 6) is 0.350. The zero-order chi connectivity index (χ0) is 19.4. The molecule has 2 N–H and O–H groups in total. The lowest BCUT2D eigenvalue weighted by Crippen LogP contribution is -2.53. The molecule has 0 aliphatic carbocycles. The maximum absolute atomic E-state index is 12.5. The van der Waals surface area contributed by atoms with Crippen LogP contribution in [0, 0.1) is 5.92 Å². The molecule has 1 aromatic rings. The molecule has 2 atom stereocenters. The lowest BCUT2D eigenvalue weighted by molar-refractivity contribution is -0.126. The number of carbonyl (C=O) groups is 1. The predicted molar refractivity (Wildman–Crippen MR) is 100.0 cm³/mol. The first-order valence-corrected chi connectivity index (χ1v) is 11.1. The number of rotatable bonds is 5. The molecule has 2 fully saturated rings. The number of hydrogen-bond donors (Lipinski definition) is 2. The van der Waals surface area contributed by atoms with Crippen LogP contribution < -0.4 is 10.1 Å². The Morgan fingerprint density at radius 2 is 2.07 bits per heavy atom. The van der Waals surface area contributed by atoms with Gasteiger partial charge in [-0.05, 0) is 24.8 Å². The number of aliphatic hydroxyl groups excluding tert-OH is 1. The van der Waals surface area contributed by atoms with Gasteiger partial charge in [0.15, 0.2) is 0 Å². The van der Waals surface area contributed by atoms with Gasteiger partial charge in [-0.15, -0.1) is 0 Å². The van der Waals surface area contributed by atoms with Gasteiger partial charge >= 0.3 is 0 Å². The van der Waals surface area contributed by atoms with Gasteiger partial charge in [0, 0.05) is 43.9 Å². The Kier molecular flexibility index (Phi) is 6.33. The van der Waals surface area contributed by atoms with Crippen molar-refractivity contribution in [2.24, 2.45) is 5.92 Å². The molecular formula is C18H27N3O5S. The first-order chi connectivity index (χ1) is 12.8. The highest BCUT2D eigenvalue weighted by atomic mass is 32.2. The fourth-order valence-electron chi connectivity index (χ4n) is 3.75. The number of nitrogens with zero attached hydrogens (tertiary/aromatic N) is 2. The lowest BCUT2D eigenvalue weighted by atomic mass is 9.98. The van der Waals surface area contributed by atoms with Crippen LogP contribution in [0.25, 0.3) is 0 Å². The Bertz CT molecular complexity index is 739. The Balaban J connectivity index is 1.54. The summed E-state index contributed by atoms with van der Waals surface area (Å²) >= 11 is 0. The van der Waals surface area contributed by atoms with E-state index in [0.717, 1.165) is 5.56 Å². The second-order valence-electron chi connectivity index (χ2n) is 7.42. The number of hydrogen-bond acceptors (Lipinski definition) is 7. The standard InChI is InChI=1S/C18H27N3O5S/c1-26-17-3-2-13(9-19-17)10-21-11-15(8-16(22)12-21)20-18(23)14-4-6-27(24,25)7-5-14/h2-3,9,14-16,22H,4-8,10-12H2,1H3,(H,20,23)/t15-,16+/m0/s1. The minimum Gasteiger partial charge on any atom is -0.481 e. The van der Waals surface area contributed by atoms with Crippen LogP contribution in [0.4, 0.5) is 0 Å². The molecule has 0 spiro atoms. The number of likely N-dealkylation sites (tertiary alicyclic amines) is 1. The summed E-state index contributed by atoms with van der Waals surface area (Å²) in [6.07, 6.45) is 2.50. The van der Waals surface area contributed by atoms with Crippen molar-refractivity contribution >= 4 is 15.7 Å². The number of β-amino-alcohol motifs (C(OH)–C–C–N with tert-alkyl or cyclic N) is 1. The first kappa shape index (κ1) is 20.0. The highest BCUT2D eigenvalue weighted by molar-refractivity contribution is 7.91. The van der Waals surface area contributed by atoms with E-state index < -0.39 is 15.9 Å². The van der Waals surface area contributed by atoms with E-state index in [9.17, 15) is 18.3 Å². The Hall–Kier alpha value is -1.71. The van der Waals surface area contributed by atoms with Crippen molar-refractivity contribution in [1.82, 2.24) is 15.2 Å². The van der Waals surface area contributed by atoms with Crippen molar-refractivity contribution in [1.29, 1.82) is 0 Å². The summed E-state index contributed by atoms with van der Waals surface area (Å²) in [5, 5.41) is 13.2. The molecular weight excluding hydrogens is 370 g/mol. The highest BCUT2D eigenvalue weighted by Crippen LogP contribution is 2.21. The predicted octanol–water partition coefficient (Wildman–Crippen LogP) is -0.0336. The molecule has 1 amide bonds. The monoisotopic (exact) mass is 397 g/mol. The van der Waals surface area contributed by atoms with E-state index in [2.05, 4.69) is 15.2 Å². The van der Waals surface area contributed by atoms with Gasteiger partial charge in [-0.3, -0.25) is 9.69 Å². The number of aromatic nitrogens is 1. The zero-order valence-electron chi connectivity index (χ0n) is 15.5. The van der Waals surface area contributed by atoms with Gasteiger partial charge in [0.2, 0.25) is 11.8 Å². The van der Waals surface area contributed by atoms with Crippen LogP contribution in [-0.4, -0.2) is 73.2 Å². The molecule has 0 aromatic carbocycles. The number of piperidine rings is 1. The van der Waals surface area contributed by atoms with Crippen molar-refractivity contribution in [2.45, 2.75) is 38.0 Å². The molecule has 2 aliphatic rings. The van der Waals surface area contributed by atoms with Gasteiger partial charge in [-0.2, -0.15) is 0 Å². The third-order valence-electron chi connectivity index (χ3n) is 5.19. The fraction of sp³-hybridized carbons (Fsp3) is 0.667. The smallest absolute Gasteiger partial charge is 0.223 e. The average molecular weight is 397 g/mol. The fourth-order valence-corrected chi connectivity index (χ4v) is 5.24. The van der Waals surface area contributed by atoms with Crippen molar-refractivity contribution in [3.63, 3.8) is 0 Å². The van der Waals surface area contributed by atoms with E-state index >= 15 is 0 Å². The van der Waals surface area contributed by atoms with Crippen LogP contribution in [0.3, 0.4) is 0 Å². The third kappa shape index (κ3) is 5.63. The molecule has 3 heterocycles. The van der Waals surface area contributed by atoms with Gasteiger partial charge in [0.05, 0.1) is 24.7 Å². The summed E-state index contributed by atoms with van der Waals surface area (Å²) in [6, 6.07) is 3.58. The second-order valence-corrected chi connectivity index (χ2v) is 9.73. The number of aliphatic hydroxyl groups is 1. The Morgan fingerprint density at radius 1 is 1.33 bits per heavy atom. The molecule has 1 aromatic heterocycles. The quantitative estimate of drug-likeness (QED) is 0.718. The Labute approximate surface area is 159 Å². The zero-order valence-corrected chi connectivity index (χ0v) is 16.3. The average Bonchev–Trinajstić information content (AvgIpc) is 2.61. The van der Waals surface area contributed by atoms with E-state index in [1.54, 1.807) is 19.4 Å². The van der Waals surface area contributed by atoms with Crippen LogP contribution in [0.15, 0.2) is 18.3 Å².